The molecule has 0 N–H and O–H groups in total. The van der Waals surface area contributed by atoms with Crippen molar-refractivity contribution in [2.45, 2.75) is 44.6 Å². The van der Waals surface area contributed by atoms with Crippen molar-refractivity contribution in [3.05, 3.63) is 64.2 Å². The molecule has 3 heterocycles. The molecule has 3 aliphatic heterocycles. The highest BCUT2D eigenvalue weighted by Gasteiger charge is 2.33. The van der Waals surface area contributed by atoms with Crippen LogP contribution in [0.1, 0.15) is 47.9 Å². The largest absolute Gasteiger partial charge is 0.497 e. The summed E-state index contributed by atoms with van der Waals surface area (Å²) in [5, 5.41) is 0. The first-order valence-electron chi connectivity index (χ1n) is 13.3. The van der Waals surface area contributed by atoms with E-state index >= 15 is 0 Å². The topological polar surface area (TPSA) is 30.9 Å². The van der Waals surface area contributed by atoms with Gasteiger partial charge in [-0.25, -0.2) is 0 Å². The monoisotopic (exact) mass is 477 g/mol. The molecule has 1 aliphatic carbocycles. The number of rotatable bonds is 6. The standard InChI is InChI=1S/C30H36FNO3/c1-33-25-6-7-28-22(14-25)3-2-4-27(21-9-11-34-12-10-21)30(28)23-5-8-29-24(13-23)15-26(35-29)19-32-17-20(16-31)18-32/h5-8,13-14,20-21,26H,2-4,9-12,15-19H2,1H3. The second-order valence-electron chi connectivity index (χ2n) is 10.7. The van der Waals surface area contributed by atoms with Crippen molar-refractivity contribution in [3.63, 3.8) is 0 Å². The second-order valence-corrected chi connectivity index (χ2v) is 10.7. The number of halogens is 1. The van der Waals surface area contributed by atoms with Crippen LogP contribution in [-0.4, -0.2) is 57.6 Å². The van der Waals surface area contributed by atoms with Gasteiger partial charge < -0.3 is 14.2 Å². The summed E-state index contributed by atoms with van der Waals surface area (Å²) in [5.74, 6) is 2.75. The van der Waals surface area contributed by atoms with Gasteiger partial charge >= 0.3 is 0 Å². The zero-order chi connectivity index (χ0) is 23.8. The lowest BCUT2D eigenvalue weighted by Crippen LogP contribution is -2.51. The Balaban J connectivity index is 1.33. The number of alkyl halides is 1. The van der Waals surface area contributed by atoms with E-state index in [4.69, 9.17) is 14.2 Å². The molecule has 35 heavy (non-hydrogen) atoms. The molecule has 2 aromatic carbocycles. The third kappa shape index (κ3) is 4.61. The molecule has 0 saturated carbocycles. The first-order chi connectivity index (χ1) is 17.2. The number of fused-ring (bicyclic) bond motifs is 2. The fourth-order valence-electron chi connectivity index (χ4n) is 6.50. The van der Waals surface area contributed by atoms with Gasteiger partial charge in [0.2, 0.25) is 0 Å². The van der Waals surface area contributed by atoms with Crippen molar-refractivity contribution in [2.75, 3.05) is 46.6 Å². The third-order valence-electron chi connectivity index (χ3n) is 8.31. The van der Waals surface area contributed by atoms with Gasteiger partial charge in [0.25, 0.3) is 0 Å². The summed E-state index contributed by atoms with van der Waals surface area (Å²) in [4.78, 5) is 2.32. The molecule has 6 rings (SSSR count). The molecule has 4 nitrogen and oxygen atoms in total. The molecule has 2 saturated heterocycles. The molecule has 1 unspecified atom stereocenters. The van der Waals surface area contributed by atoms with Crippen LogP contribution in [0.15, 0.2) is 42.0 Å². The van der Waals surface area contributed by atoms with Crippen molar-refractivity contribution in [1.82, 2.24) is 4.90 Å². The highest BCUT2D eigenvalue weighted by Crippen LogP contribution is 2.43. The van der Waals surface area contributed by atoms with Crippen LogP contribution < -0.4 is 9.47 Å². The van der Waals surface area contributed by atoms with Crippen LogP contribution in [0.3, 0.4) is 0 Å². The number of nitrogens with zero attached hydrogens (tertiary/aromatic N) is 1. The van der Waals surface area contributed by atoms with E-state index in [9.17, 15) is 4.39 Å². The van der Waals surface area contributed by atoms with Gasteiger partial charge in [-0.05, 0) is 90.1 Å². The van der Waals surface area contributed by atoms with Crippen LogP contribution in [0, 0.1) is 11.8 Å². The minimum Gasteiger partial charge on any atom is -0.497 e. The van der Waals surface area contributed by atoms with E-state index in [0.29, 0.717) is 5.92 Å². The van der Waals surface area contributed by atoms with Gasteiger partial charge in [-0.3, -0.25) is 9.29 Å². The molecule has 0 spiro atoms. The van der Waals surface area contributed by atoms with E-state index < -0.39 is 0 Å². The van der Waals surface area contributed by atoms with E-state index in [1.54, 1.807) is 12.7 Å². The number of aryl methyl sites for hydroxylation is 1. The Morgan fingerprint density at radius 1 is 1.03 bits per heavy atom. The lowest BCUT2D eigenvalue weighted by molar-refractivity contribution is 0.0454. The van der Waals surface area contributed by atoms with Gasteiger partial charge in [0, 0.05) is 45.2 Å². The van der Waals surface area contributed by atoms with Gasteiger partial charge in [-0.2, -0.15) is 0 Å². The Hall–Kier alpha value is -2.37. The summed E-state index contributed by atoms with van der Waals surface area (Å²) in [5.41, 5.74) is 8.38. The van der Waals surface area contributed by atoms with Crippen molar-refractivity contribution in [1.29, 1.82) is 0 Å². The molecule has 186 valence electrons. The number of hydrogen-bond donors (Lipinski definition) is 0. The maximum Gasteiger partial charge on any atom is 0.123 e. The summed E-state index contributed by atoms with van der Waals surface area (Å²) in [6, 6.07) is 13.4. The molecular formula is C30H36FNO3. The second kappa shape index (κ2) is 9.94. The number of ether oxygens (including phenoxy) is 3. The van der Waals surface area contributed by atoms with Crippen LogP contribution in [0.25, 0.3) is 5.57 Å². The highest BCUT2D eigenvalue weighted by atomic mass is 19.1. The summed E-state index contributed by atoms with van der Waals surface area (Å²) >= 11 is 0. The number of methoxy groups -OCH3 is 1. The third-order valence-corrected chi connectivity index (χ3v) is 8.31. The minimum atomic E-state index is -0.205. The van der Waals surface area contributed by atoms with Crippen molar-refractivity contribution < 1.29 is 18.6 Å². The Morgan fingerprint density at radius 3 is 2.69 bits per heavy atom. The molecule has 5 heteroatoms. The van der Waals surface area contributed by atoms with Crippen LogP contribution in [0.2, 0.25) is 0 Å². The molecule has 0 aromatic heterocycles. The first kappa shape index (κ1) is 23.1. The van der Waals surface area contributed by atoms with E-state index in [2.05, 4.69) is 41.3 Å². The summed E-state index contributed by atoms with van der Waals surface area (Å²) < 4.78 is 30.4. The molecule has 0 bridgehead atoms. The molecule has 2 aromatic rings. The molecular weight excluding hydrogens is 441 g/mol. The first-order valence-corrected chi connectivity index (χ1v) is 13.3. The Morgan fingerprint density at radius 2 is 1.89 bits per heavy atom. The number of benzene rings is 2. The quantitative estimate of drug-likeness (QED) is 0.553. The van der Waals surface area contributed by atoms with E-state index in [0.717, 1.165) is 76.5 Å². The van der Waals surface area contributed by atoms with Gasteiger partial charge in [0.1, 0.15) is 17.6 Å². The van der Waals surface area contributed by atoms with E-state index in [-0.39, 0.29) is 18.7 Å². The summed E-state index contributed by atoms with van der Waals surface area (Å²) in [6.45, 7) is 4.12. The Labute approximate surface area is 208 Å². The van der Waals surface area contributed by atoms with Gasteiger partial charge in [-0.15, -0.1) is 0 Å². The highest BCUT2D eigenvalue weighted by molar-refractivity contribution is 5.85. The fraction of sp³-hybridized carbons (Fsp3) is 0.533. The van der Waals surface area contributed by atoms with Gasteiger partial charge in [0.15, 0.2) is 0 Å². The fourth-order valence-corrected chi connectivity index (χ4v) is 6.50. The van der Waals surface area contributed by atoms with Crippen molar-refractivity contribution in [2.24, 2.45) is 11.8 Å². The maximum atomic E-state index is 12.8. The van der Waals surface area contributed by atoms with E-state index in [1.807, 2.05) is 0 Å². The SMILES string of the molecule is COc1ccc2c(c1)CCCC(C1CCOCC1)=C2c1ccc2c(c1)CC(CN1CC(CF)C1)O2. The lowest BCUT2D eigenvalue weighted by Gasteiger charge is -2.38. The predicted molar refractivity (Wildman–Crippen MR) is 136 cm³/mol. The summed E-state index contributed by atoms with van der Waals surface area (Å²) in [6.07, 6.45) is 6.69. The Bertz CT molecular complexity index is 1100. The van der Waals surface area contributed by atoms with Crippen LogP contribution >= 0.6 is 0 Å². The average Bonchev–Trinajstić information content (AvgIpc) is 3.17. The smallest absolute Gasteiger partial charge is 0.123 e. The number of allylic oxidation sites excluding steroid dienone is 1. The van der Waals surface area contributed by atoms with Crippen LogP contribution in [0.4, 0.5) is 4.39 Å². The van der Waals surface area contributed by atoms with Crippen LogP contribution in [0.5, 0.6) is 11.5 Å². The minimum absolute atomic E-state index is 0.162. The normalized spacial score (nSPS) is 23.3. The molecule has 1 atom stereocenters. The van der Waals surface area contributed by atoms with Crippen LogP contribution in [-0.2, 0) is 17.6 Å². The zero-order valence-corrected chi connectivity index (χ0v) is 20.7. The van der Waals surface area contributed by atoms with E-state index in [1.165, 1.54) is 34.2 Å². The number of likely N-dealkylation sites (tertiary alicyclic amines) is 1. The van der Waals surface area contributed by atoms with Crippen molar-refractivity contribution >= 4 is 5.57 Å². The average molecular weight is 478 g/mol. The van der Waals surface area contributed by atoms with Crippen molar-refractivity contribution in [3.8, 4) is 11.5 Å². The zero-order valence-electron chi connectivity index (χ0n) is 20.7. The molecule has 0 amide bonds. The van der Waals surface area contributed by atoms with Gasteiger partial charge in [0.05, 0.1) is 13.8 Å². The molecule has 4 aliphatic rings. The molecule has 2 fully saturated rings. The maximum absolute atomic E-state index is 12.8. The van der Waals surface area contributed by atoms with Gasteiger partial charge in [-0.1, -0.05) is 17.7 Å². The Kier molecular flexibility index (Phi) is 6.55. The summed E-state index contributed by atoms with van der Waals surface area (Å²) in [7, 11) is 1.75. The molecule has 0 radical (unpaired) electrons. The number of hydrogen-bond acceptors (Lipinski definition) is 4. The predicted octanol–water partition coefficient (Wildman–Crippen LogP) is 5.46. The lowest BCUT2D eigenvalue weighted by atomic mass is 9.81.